The lowest BCUT2D eigenvalue weighted by Gasteiger charge is -2.22. The van der Waals surface area contributed by atoms with Crippen LogP contribution in [0.1, 0.15) is 24.5 Å². The first-order valence-corrected chi connectivity index (χ1v) is 8.69. The van der Waals surface area contributed by atoms with Crippen molar-refractivity contribution in [3.63, 3.8) is 0 Å². The lowest BCUT2D eigenvalue weighted by atomic mass is 10.1. The Hall–Kier alpha value is -2.53. The number of hydrogen-bond donors (Lipinski definition) is 1. The van der Waals surface area contributed by atoms with Gasteiger partial charge in [-0.2, -0.15) is 0 Å². The molecule has 0 aromatic heterocycles. The lowest BCUT2D eigenvalue weighted by molar-refractivity contribution is -0.117. The van der Waals surface area contributed by atoms with E-state index in [0.717, 1.165) is 16.8 Å². The molecule has 0 bridgehead atoms. The van der Waals surface area contributed by atoms with Crippen LogP contribution in [0.4, 0.5) is 11.4 Å². The van der Waals surface area contributed by atoms with Gasteiger partial charge in [-0.05, 0) is 43.2 Å². The molecule has 0 aliphatic carbocycles. The molecule has 1 N–H and O–H groups in total. The quantitative estimate of drug-likeness (QED) is 0.817. The van der Waals surface area contributed by atoms with E-state index in [2.05, 4.69) is 5.32 Å². The highest BCUT2D eigenvalue weighted by Crippen LogP contribution is 2.29. The zero-order valence-corrected chi connectivity index (χ0v) is 16.2. The van der Waals surface area contributed by atoms with Crippen molar-refractivity contribution in [2.45, 2.75) is 27.2 Å². The number of nitrogens with zero attached hydrogens (tertiary/aromatic N) is 1. The van der Waals surface area contributed by atoms with Gasteiger partial charge in [0.05, 0.1) is 12.1 Å². The highest BCUT2D eigenvalue weighted by atomic mass is 35.5. The van der Waals surface area contributed by atoms with Crippen molar-refractivity contribution in [2.24, 2.45) is 0 Å². The number of anilines is 2. The third-order valence-electron chi connectivity index (χ3n) is 4.14. The maximum atomic E-state index is 12.3. The molecule has 0 atom stereocenters. The van der Waals surface area contributed by atoms with Crippen LogP contribution in [-0.2, 0) is 9.59 Å². The molecule has 26 heavy (non-hydrogen) atoms. The zero-order chi connectivity index (χ0) is 19.3. The fraction of sp³-hybridized carbons (Fsp3) is 0.300. The smallest absolute Gasteiger partial charge is 0.226 e. The van der Waals surface area contributed by atoms with Crippen LogP contribution in [0.5, 0.6) is 5.75 Å². The largest absolute Gasteiger partial charge is 0.495 e. The first kappa shape index (κ1) is 19.8. The molecule has 2 aromatic carbocycles. The number of hydrogen-bond acceptors (Lipinski definition) is 3. The minimum Gasteiger partial charge on any atom is -0.495 e. The number of amides is 2. The highest BCUT2D eigenvalue weighted by molar-refractivity contribution is 6.32. The summed E-state index contributed by atoms with van der Waals surface area (Å²) in [5, 5.41) is 3.34. The Morgan fingerprint density at radius 1 is 1.15 bits per heavy atom. The summed E-state index contributed by atoms with van der Waals surface area (Å²) >= 11 is 6.14. The Kier molecular flexibility index (Phi) is 6.64. The monoisotopic (exact) mass is 374 g/mol. The second kappa shape index (κ2) is 8.72. The fourth-order valence-corrected chi connectivity index (χ4v) is 2.97. The van der Waals surface area contributed by atoms with Gasteiger partial charge in [0.2, 0.25) is 11.8 Å². The predicted octanol–water partition coefficient (Wildman–Crippen LogP) is 4.35. The first-order chi connectivity index (χ1) is 12.3. The average molecular weight is 375 g/mol. The molecule has 2 aromatic rings. The Morgan fingerprint density at radius 2 is 1.81 bits per heavy atom. The number of methoxy groups -OCH3 is 1. The zero-order valence-electron chi connectivity index (χ0n) is 15.4. The Morgan fingerprint density at radius 3 is 2.35 bits per heavy atom. The summed E-state index contributed by atoms with van der Waals surface area (Å²) in [6, 6.07) is 10.9. The molecule has 0 unspecified atom stereocenters. The average Bonchev–Trinajstić information content (AvgIpc) is 2.58. The van der Waals surface area contributed by atoms with Gasteiger partial charge in [-0.1, -0.05) is 29.8 Å². The van der Waals surface area contributed by atoms with E-state index in [1.54, 1.807) is 18.2 Å². The summed E-state index contributed by atoms with van der Waals surface area (Å²) in [4.78, 5) is 25.9. The van der Waals surface area contributed by atoms with Crippen molar-refractivity contribution in [2.75, 3.05) is 23.9 Å². The van der Waals surface area contributed by atoms with Gasteiger partial charge in [0.25, 0.3) is 0 Å². The number of para-hydroxylation sites is 1. The third-order valence-corrected chi connectivity index (χ3v) is 4.43. The van der Waals surface area contributed by atoms with E-state index in [1.165, 1.54) is 18.9 Å². The van der Waals surface area contributed by atoms with E-state index < -0.39 is 0 Å². The molecular weight excluding hydrogens is 352 g/mol. The summed E-state index contributed by atoms with van der Waals surface area (Å²) in [6.07, 6.45) is 0.178. The van der Waals surface area contributed by atoms with Crippen molar-refractivity contribution in [3.8, 4) is 5.75 Å². The van der Waals surface area contributed by atoms with Crippen LogP contribution >= 0.6 is 11.6 Å². The molecule has 0 fully saturated rings. The van der Waals surface area contributed by atoms with Crippen LogP contribution in [0.15, 0.2) is 36.4 Å². The predicted molar refractivity (Wildman–Crippen MR) is 105 cm³/mol. The van der Waals surface area contributed by atoms with Gasteiger partial charge in [-0.3, -0.25) is 9.59 Å². The minimum absolute atomic E-state index is 0.145. The molecule has 2 rings (SSSR count). The van der Waals surface area contributed by atoms with E-state index in [0.29, 0.717) is 16.5 Å². The fourth-order valence-electron chi connectivity index (χ4n) is 2.72. The molecular formula is C20H23ClN2O3. The molecule has 5 nitrogen and oxygen atoms in total. The molecule has 0 saturated carbocycles. The summed E-state index contributed by atoms with van der Waals surface area (Å²) in [6.45, 7) is 5.62. The van der Waals surface area contributed by atoms with E-state index in [4.69, 9.17) is 16.3 Å². The topological polar surface area (TPSA) is 58.6 Å². The lowest BCUT2D eigenvalue weighted by Crippen LogP contribution is -2.32. The molecule has 6 heteroatoms. The highest BCUT2D eigenvalue weighted by Gasteiger charge is 2.16. The number of benzene rings is 2. The van der Waals surface area contributed by atoms with Crippen LogP contribution in [0, 0.1) is 13.8 Å². The molecule has 138 valence electrons. The number of ether oxygens (including phenoxy) is 1. The van der Waals surface area contributed by atoms with Crippen LogP contribution in [0.3, 0.4) is 0 Å². The molecule has 0 aliphatic rings. The van der Waals surface area contributed by atoms with Gasteiger partial charge < -0.3 is 15.0 Å². The van der Waals surface area contributed by atoms with Crippen molar-refractivity contribution < 1.29 is 14.3 Å². The molecule has 2 amide bonds. The van der Waals surface area contributed by atoms with E-state index in [-0.39, 0.29) is 24.8 Å². The first-order valence-electron chi connectivity index (χ1n) is 8.31. The van der Waals surface area contributed by atoms with Crippen LogP contribution in [0.2, 0.25) is 5.02 Å². The number of aryl methyl sites for hydroxylation is 2. The van der Waals surface area contributed by atoms with Crippen molar-refractivity contribution in [3.05, 3.63) is 52.5 Å². The van der Waals surface area contributed by atoms with E-state index in [1.807, 2.05) is 32.0 Å². The number of nitrogens with one attached hydrogen (secondary N) is 1. The number of halogens is 1. The van der Waals surface area contributed by atoms with Crippen LogP contribution < -0.4 is 15.0 Å². The maximum absolute atomic E-state index is 12.3. The summed E-state index contributed by atoms with van der Waals surface area (Å²) < 4.78 is 5.13. The summed E-state index contributed by atoms with van der Waals surface area (Å²) in [7, 11) is 1.53. The van der Waals surface area contributed by atoms with Gasteiger partial charge >= 0.3 is 0 Å². The normalized spacial score (nSPS) is 10.3. The Balaban J connectivity index is 2.08. The van der Waals surface area contributed by atoms with Crippen LogP contribution in [0.25, 0.3) is 0 Å². The molecule has 0 radical (unpaired) electrons. The summed E-state index contributed by atoms with van der Waals surface area (Å²) in [5.74, 6) is 0.228. The molecule has 0 saturated heterocycles. The standard InChI is InChI=1S/C20H23ClN2O3/c1-13-6-5-7-14(2)20(13)22-19(25)10-11-23(15(3)24)16-8-9-18(26-4)17(21)12-16/h5-9,12H,10-11H2,1-4H3,(H,22,25). The molecule has 0 heterocycles. The molecule has 0 spiro atoms. The van der Waals surface area contributed by atoms with E-state index >= 15 is 0 Å². The van der Waals surface area contributed by atoms with Gasteiger partial charge in [0.15, 0.2) is 0 Å². The Labute approximate surface area is 158 Å². The van der Waals surface area contributed by atoms with Crippen molar-refractivity contribution >= 4 is 34.8 Å². The van der Waals surface area contributed by atoms with Gasteiger partial charge in [0, 0.05) is 31.3 Å². The van der Waals surface area contributed by atoms with Gasteiger partial charge in [0.1, 0.15) is 5.75 Å². The van der Waals surface area contributed by atoms with Gasteiger partial charge in [-0.25, -0.2) is 0 Å². The number of carbonyl (C=O) groups is 2. The summed E-state index contributed by atoms with van der Waals surface area (Å²) in [5.41, 5.74) is 3.45. The molecule has 0 aliphatic heterocycles. The third kappa shape index (κ3) is 4.76. The van der Waals surface area contributed by atoms with E-state index in [9.17, 15) is 9.59 Å². The van der Waals surface area contributed by atoms with Crippen molar-refractivity contribution in [1.82, 2.24) is 0 Å². The second-order valence-electron chi connectivity index (χ2n) is 6.05. The van der Waals surface area contributed by atoms with Crippen molar-refractivity contribution in [1.29, 1.82) is 0 Å². The SMILES string of the molecule is COc1ccc(N(CCC(=O)Nc2c(C)cccc2C)C(C)=O)cc1Cl. The number of carbonyl (C=O) groups excluding carboxylic acids is 2. The maximum Gasteiger partial charge on any atom is 0.226 e. The van der Waals surface area contributed by atoms with Crippen LogP contribution in [-0.4, -0.2) is 25.5 Å². The Bertz CT molecular complexity index is 800. The number of rotatable bonds is 6. The minimum atomic E-state index is -0.161. The van der Waals surface area contributed by atoms with Gasteiger partial charge in [-0.15, -0.1) is 0 Å². The second-order valence-corrected chi connectivity index (χ2v) is 6.46.